The van der Waals surface area contributed by atoms with Gasteiger partial charge in [-0.25, -0.2) is 10.1 Å². The summed E-state index contributed by atoms with van der Waals surface area (Å²) in [4.78, 5) is 35.2. The Bertz CT molecular complexity index is 1240. The Labute approximate surface area is 218 Å². The summed E-state index contributed by atoms with van der Waals surface area (Å²) in [5.74, 6) is 0.138. The number of nitrogens with zero attached hydrogens (tertiary/aromatic N) is 5. The molecule has 1 N–H and O–H groups in total. The molecule has 1 aliphatic heterocycles. The molecule has 16 heteroatoms. The van der Waals surface area contributed by atoms with Crippen LogP contribution in [0.15, 0.2) is 28.2 Å². The normalized spacial score (nSPS) is 15.1. The average Bonchev–Trinajstić information content (AvgIpc) is 2.85. The lowest BCUT2D eigenvalue weighted by Gasteiger charge is -2.36. The summed E-state index contributed by atoms with van der Waals surface area (Å²) < 4.78 is 88.9. The van der Waals surface area contributed by atoms with Crippen LogP contribution in [0.5, 0.6) is 0 Å². The minimum Gasteiger partial charge on any atom is -0.380 e. The molecule has 0 aromatic carbocycles. The number of alkyl halides is 6. The number of anilines is 1. The first kappa shape index (κ1) is 30.0. The molecule has 1 amide bonds. The van der Waals surface area contributed by atoms with Gasteiger partial charge in [-0.15, -0.1) is 0 Å². The highest BCUT2D eigenvalue weighted by molar-refractivity contribution is 5.86. The van der Waals surface area contributed by atoms with Crippen molar-refractivity contribution in [3.63, 3.8) is 0 Å². The number of hydrogen-bond donors (Lipinski definition) is 1. The van der Waals surface area contributed by atoms with Crippen molar-refractivity contribution in [2.45, 2.75) is 32.3 Å². The molecule has 0 atom stereocenters. The molecule has 0 unspecified atom stereocenters. The monoisotopic (exact) mass is 564 g/mol. The Kier molecular flexibility index (Phi) is 9.66. The molecule has 0 bridgehead atoms. The largest absolute Gasteiger partial charge is 0.423 e. The van der Waals surface area contributed by atoms with Gasteiger partial charge in [0.2, 0.25) is 5.91 Å². The van der Waals surface area contributed by atoms with Crippen molar-refractivity contribution in [1.29, 1.82) is 0 Å². The third kappa shape index (κ3) is 7.98. The van der Waals surface area contributed by atoms with E-state index in [-0.39, 0.29) is 43.4 Å². The van der Waals surface area contributed by atoms with Gasteiger partial charge in [-0.05, 0) is 13.0 Å². The highest BCUT2D eigenvalue weighted by Gasteiger charge is 2.37. The molecule has 214 valence electrons. The molecular formula is C23H26F6N6O4. The van der Waals surface area contributed by atoms with Crippen LogP contribution in [0.25, 0.3) is 0 Å². The van der Waals surface area contributed by atoms with E-state index in [1.807, 2.05) is 0 Å². The molecule has 10 nitrogen and oxygen atoms in total. The number of piperazine rings is 1. The van der Waals surface area contributed by atoms with Crippen LogP contribution in [0.3, 0.4) is 0 Å². The molecular weight excluding hydrogens is 538 g/mol. The van der Waals surface area contributed by atoms with Crippen LogP contribution in [0, 0.1) is 0 Å². The fourth-order valence-corrected chi connectivity index (χ4v) is 3.90. The van der Waals surface area contributed by atoms with Crippen molar-refractivity contribution < 1.29 is 40.6 Å². The first-order valence-corrected chi connectivity index (χ1v) is 11.7. The number of H-pyrrole nitrogens is 1. The smallest absolute Gasteiger partial charge is 0.380 e. The number of aromatic nitrogens is 3. The van der Waals surface area contributed by atoms with Gasteiger partial charge in [0.15, 0.2) is 0 Å². The highest BCUT2D eigenvalue weighted by atomic mass is 19.4. The van der Waals surface area contributed by atoms with E-state index < -0.39 is 34.7 Å². The number of carbonyl (C=O) groups excluding carboxylic acids is 1. The van der Waals surface area contributed by atoms with E-state index >= 15 is 0 Å². The number of pyridine rings is 1. The standard InChI is InChI=1S/C23H26F6N6O4/c1-14(32-17-11-31-33-21(37)19(17)23(27,28)29)12-39-8-3-18(36)34-4-6-35(7-5-34)20-15(13-38-2)9-16(10-30-20)22(24,25)26/h9-11H,3-8,12-13H2,1-2H3,(H,33,37). The van der Waals surface area contributed by atoms with Gasteiger partial charge in [-0.3, -0.25) is 14.6 Å². The minimum absolute atomic E-state index is 0.00109. The summed E-state index contributed by atoms with van der Waals surface area (Å²) in [5, 5.41) is 5.06. The van der Waals surface area contributed by atoms with Crippen molar-refractivity contribution in [1.82, 2.24) is 20.1 Å². The summed E-state index contributed by atoms with van der Waals surface area (Å²) in [6.07, 6.45) is -7.89. The molecule has 0 saturated carbocycles. The minimum atomic E-state index is -4.92. The SMILES string of the molecule is COCc1cc(C(F)(F)F)cnc1N1CCN(C(=O)CCOCC(C)=Nc2cn[nH]c(=O)c2C(F)(F)F)CC1. The lowest BCUT2D eigenvalue weighted by Crippen LogP contribution is -2.49. The second-order valence-electron chi connectivity index (χ2n) is 8.61. The number of rotatable bonds is 9. The number of amides is 1. The highest BCUT2D eigenvalue weighted by Crippen LogP contribution is 2.33. The van der Waals surface area contributed by atoms with E-state index in [0.29, 0.717) is 32.0 Å². The van der Waals surface area contributed by atoms with Crippen LogP contribution in [0.2, 0.25) is 0 Å². The van der Waals surface area contributed by atoms with Crippen molar-refractivity contribution in [3.05, 3.63) is 45.5 Å². The number of aliphatic imine (C=N–C) groups is 1. The van der Waals surface area contributed by atoms with Crippen molar-refractivity contribution in [2.75, 3.05) is 51.4 Å². The first-order valence-electron chi connectivity index (χ1n) is 11.7. The van der Waals surface area contributed by atoms with Crippen LogP contribution in [0.1, 0.15) is 30.0 Å². The van der Waals surface area contributed by atoms with Gasteiger partial charge in [0.1, 0.15) is 17.1 Å². The van der Waals surface area contributed by atoms with Crippen molar-refractivity contribution in [2.24, 2.45) is 4.99 Å². The molecule has 1 saturated heterocycles. The van der Waals surface area contributed by atoms with Gasteiger partial charge in [0.05, 0.1) is 38.0 Å². The average molecular weight is 564 g/mol. The van der Waals surface area contributed by atoms with Crippen LogP contribution in [-0.4, -0.2) is 78.2 Å². The Morgan fingerprint density at radius 3 is 2.41 bits per heavy atom. The number of methoxy groups -OCH3 is 1. The van der Waals surface area contributed by atoms with Crippen molar-refractivity contribution >= 4 is 23.1 Å². The molecule has 2 aromatic heterocycles. The fourth-order valence-electron chi connectivity index (χ4n) is 3.90. The van der Waals surface area contributed by atoms with Gasteiger partial charge in [-0.1, -0.05) is 0 Å². The predicted molar refractivity (Wildman–Crippen MR) is 127 cm³/mol. The van der Waals surface area contributed by atoms with Gasteiger partial charge in [0, 0.05) is 50.8 Å². The number of aromatic amines is 1. The third-order valence-electron chi connectivity index (χ3n) is 5.70. The number of hydrogen-bond acceptors (Lipinski definition) is 8. The predicted octanol–water partition coefficient (Wildman–Crippen LogP) is 3.20. The molecule has 0 aliphatic carbocycles. The molecule has 39 heavy (non-hydrogen) atoms. The lowest BCUT2D eigenvalue weighted by molar-refractivity contribution is -0.138. The van der Waals surface area contributed by atoms with E-state index in [2.05, 4.69) is 15.1 Å². The third-order valence-corrected chi connectivity index (χ3v) is 5.70. The number of halogens is 6. The van der Waals surface area contributed by atoms with Crippen LogP contribution in [-0.2, 0) is 33.2 Å². The molecule has 1 aliphatic rings. The van der Waals surface area contributed by atoms with E-state index in [1.165, 1.54) is 14.0 Å². The maximum atomic E-state index is 13.1. The second-order valence-corrected chi connectivity index (χ2v) is 8.61. The molecule has 2 aromatic rings. The zero-order valence-corrected chi connectivity index (χ0v) is 21.0. The Hall–Kier alpha value is -3.53. The van der Waals surface area contributed by atoms with Gasteiger partial charge < -0.3 is 19.3 Å². The lowest BCUT2D eigenvalue weighted by atomic mass is 10.1. The van der Waals surface area contributed by atoms with Crippen LogP contribution >= 0.6 is 0 Å². The molecule has 1 fully saturated rings. The van der Waals surface area contributed by atoms with Gasteiger partial charge in [-0.2, -0.15) is 31.4 Å². The summed E-state index contributed by atoms with van der Waals surface area (Å²) in [6.45, 7) is 2.47. The van der Waals surface area contributed by atoms with E-state index in [0.717, 1.165) is 18.5 Å². The van der Waals surface area contributed by atoms with Crippen LogP contribution in [0.4, 0.5) is 37.8 Å². The van der Waals surface area contributed by atoms with Gasteiger partial charge in [0.25, 0.3) is 5.56 Å². The summed E-state index contributed by atoms with van der Waals surface area (Å²) in [5.41, 5.74) is -3.96. The first-order chi connectivity index (χ1) is 18.3. The number of carbonyl (C=O) groups is 1. The molecule has 0 spiro atoms. The zero-order chi connectivity index (χ0) is 28.8. The molecule has 0 radical (unpaired) electrons. The van der Waals surface area contributed by atoms with E-state index in [4.69, 9.17) is 9.47 Å². The fraction of sp³-hybridized carbons (Fsp3) is 0.522. The van der Waals surface area contributed by atoms with Crippen LogP contribution < -0.4 is 10.5 Å². The second kappa shape index (κ2) is 12.5. The number of nitrogens with one attached hydrogen (secondary N) is 1. The maximum Gasteiger partial charge on any atom is 0.423 e. The summed E-state index contributed by atoms with van der Waals surface area (Å²) >= 11 is 0. The molecule has 3 heterocycles. The quantitative estimate of drug-likeness (QED) is 0.283. The molecule has 3 rings (SSSR count). The topological polar surface area (TPSA) is 113 Å². The Balaban J connectivity index is 1.50. The van der Waals surface area contributed by atoms with E-state index in [9.17, 15) is 35.9 Å². The van der Waals surface area contributed by atoms with Gasteiger partial charge >= 0.3 is 12.4 Å². The van der Waals surface area contributed by atoms with E-state index in [1.54, 1.807) is 14.9 Å². The maximum absolute atomic E-state index is 13.1. The van der Waals surface area contributed by atoms with Crippen molar-refractivity contribution in [3.8, 4) is 0 Å². The summed E-state index contributed by atoms with van der Waals surface area (Å²) in [7, 11) is 1.37. The zero-order valence-electron chi connectivity index (χ0n) is 21.0. The number of ether oxygens (including phenoxy) is 2. The Morgan fingerprint density at radius 1 is 1.10 bits per heavy atom. The Morgan fingerprint density at radius 2 is 1.79 bits per heavy atom. The summed E-state index contributed by atoms with van der Waals surface area (Å²) in [6, 6.07) is 1.00.